The van der Waals surface area contributed by atoms with Crippen LogP contribution >= 0.6 is 0 Å². The van der Waals surface area contributed by atoms with Gasteiger partial charge in [0.25, 0.3) is 0 Å². The molecule has 1 aromatic carbocycles. The molecule has 216 valence electrons. The topological polar surface area (TPSA) is 81.8 Å². The largest absolute Gasteiger partial charge is 0.343 e. The quantitative estimate of drug-likeness (QED) is 0.525. The molecule has 0 aromatic heterocycles. The number of likely N-dealkylation sites (tertiary alicyclic amines) is 1. The van der Waals surface area contributed by atoms with Gasteiger partial charge in [-0.25, -0.2) is 4.39 Å². The standard InChI is InChI=1S/C31H47FN4O3/c1-21(2)27-19-35(4)20-28(33-27)29(38)34-26(18-23-10-12-25(32)13-11-23)30(39)36-16-14-31(15-17-36,22(3)37)24-8-6-5-7-9-24/h10-13,21,24,26-28,33H,5-9,14-20H2,1-4H3,(H,34,38)/t26-,27?,28+/m1/s1. The summed E-state index contributed by atoms with van der Waals surface area (Å²) >= 11 is 0. The molecule has 1 aromatic rings. The fourth-order valence-electron chi connectivity index (χ4n) is 7.03. The van der Waals surface area contributed by atoms with Crippen molar-refractivity contribution < 1.29 is 18.8 Å². The van der Waals surface area contributed by atoms with Gasteiger partial charge in [0.1, 0.15) is 17.6 Å². The summed E-state index contributed by atoms with van der Waals surface area (Å²) in [4.78, 5) is 44.3. The number of carbonyl (C=O) groups excluding carboxylic acids is 3. The third kappa shape index (κ3) is 7.07. The van der Waals surface area contributed by atoms with Gasteiger partial charge in [0.2, 0.25) is 11.8 Å². The molecule has 2 saturated heterocycles. The monoisotopic (exact) mass is 542 g/mol. The molecule has 39 heavy (non-hydrogen) atoms. The Bertz CT molecular complexity index is 1000. The molecule has 2 amide bonds. The van der Waals surface area contributed by atoms with E-state index in [1.54, 1.807) is 19.1 Å². The van der Waals surface area contributed by atoms with Crippen LogP contribution in [0.25, 0.3) is 0 Å². The summed E-state index contributed by atoms with van der Waals surface area (Å²) in [6.07, 6.45) is 7.43. The summed E-state index contributed by atoms with van der Waals surface area (Å²) in [7, 11) is 2.01. The lowest BCUT2D eigenvalue weighted by Crippen LogP contribution is -2.64. The lowest BCUT2D eigenvalue weighted by Gasteiger charge is -2.47. The molecule has 2 heterocycles. The fourth-order valence-corrected chi connectivity index (χ4v) is 7.03. The average molecular weight is 543 g/mol. The molecule has 1 unspecified atom stereocenters. The van der Waals surface area contributed by atoms with Crippen molar-refractivity contribution in [2.45, 2.75) is 90.3 Å². The maximum atomic E-state index is 13.9. The molecule has 1 aliphatic carbocycles. The Morgan fingerprint density at radius 2 is 1.69 bits per heavy atom. The number of halogens is 1. The Morgan fingerprint density at radius 1 is 1.05 bits per heavy atom. The van der Waals surface area contributed by atoms with E-state index in [4.69, 9.17) is 0 Å². The van der Waals surface area contributed by atoms with E-state index < -0.39 is 12.1 Å². The summed E-state index contributed by atoms with van der Waals surface area (Å²) < 4.78 is 13.6. The molecule has 8 heteroatoms. The van der Waals surface area contributed by atoms with Crippen LogP contribution in [-0.4, -0.2) is 78.7 Å². The third-order valence-electron chi connectivity index (χ3n) is 9.56. The number of amides is 2. The summed E-state index contributed by atoms with van der Waals surface area (Å²) in [6, 6.07) is 5.12. The number of ketones is 1. The van der Waals surface area contributed by atoms with Crippen LogP contribution in [-0.2, 0) is 20.8 Å². The van der Waals surface area contributed by atoms with Crippen LogP contribution in [0.4, 0.5) is 4.39 Å². The second kappa shape index (κ2) is 12.9. The molecule has 0 spiro atoms. The van der Waals surface area contributed by atoms with Crippen molar-refractivity contribution in [2.24, 2.45) is 17.3 Å². The van der Waals surface area contributed by atoms with E-state index in [9.17, 15) is 18.8 Å². The molecule has 4 rings (SSSR count). The Labute approximate surface area is 233 Å². The number of piperidine rings is 1. The van der Waals surface area contributed by atoms with Crippen molar-refractivity contribution in [1.82, 2.24) is 20.4 Å². The van der Waals surface area contributed by atoms with Gasteiger partial charge in [-0.05, 0) is 69.2 Å². The highest BCUT2D eigenvalue weighted by Gasteiger charge is 2.46. The zero-order chi connectivity index (χ0) is 28.2. The Balaban J connectivity index is 1.48. The van der Waals surface area contributed by atoms with E-state index in [2.05, 4.69) is 29.4 Å². The number of hydrogen-bond donors (Lipinski definition) is 2. The van der Waals surface area contributed by atoms with E-state index in [-0.39, 0.29) is 41.3 Å². The highest BCUT2D eigenvalue weighted by Crippen LogP contribution is 2.46. The lowest BCUT2D eigenvalue weighted by molar-refractivity contribution is -0.144. The molecule has 0 radical (unpaired) electrons. The van der Waals surface area contributed by atoms with Gasteiger partial charge in [-0.3, -0.25) is 14.4 Å². The second-order valence-corrected chi connectivity index (χ2v) is 12.6. The maximum Gasteiger partial charge on any atom is 0.245 e. The van der Waals surface area contributed by atoms with Crippen molar-refractivity contribution in [2.75, 3.05) is 33.2 Å². The number of benzene rings is 1. The molecule has 3 fully saturated rings. The summed E-state index contributed by atoms with van der Waals surface area (Å²) in [6.45, 7) is 8.47. The number of Topliss-reactive ketones (excluding diaryl/α,β-unsaturated/α-hetero) is 1. The van der Waals surface area contributed by atoms with Gasteiger partial charge in [-0.15, -0.1) is 0 Å². The molecular formula is C31H47FN4O3. The van der Waals surface area contributed by atoms with Crippen LogP contribution in [0, 0.1) is 23.1 Å². The fraction of sp³-hybridized carbons (Fsp3) is 0.710. The van der Waals surface area contributed by atoms with Crippen molar-refractivity contribution >= 4 is 17.6 Å². The highest BCUT2D eigenvalue weighted by molar-refractivity contribution is 5.90. The van der Waals surface area contributed by atoms with E-state index >= 15 is 0 Å². The first-order valence-electron chi connectivity index (χ1n) is 14.9. The number of piperazine rings is 1. The molecule has 3 aliphatic rings. The van der Waals surface area contributed by atoms with Crippen molar-refractivity contribution in [3.05, 3.63) is 35.6 Å². The summed E-state index contributed by atoms with van der Waals surface area (Å²) in [5.41, 5.74) is 0.455. The van der Waals surface area contributed by atoms with Gasteiger partial charge in [0.15, 0.2) is 0 Å². The van der Waals surface area contributed by atoms with E-state index in [1.807, 2.05) is 11.9 Å². The Kier molecular flexibility index (Phi) is 9.81. The Hall–Kier alpha value is -2.32. The van der Waals surface area contributed by atoms with Crippen LogP contribution in [0.2, 0.25) is 0 Å². The normalized spacial score (nSPS) is 25.3. The Morgan fingerprint density at radius 3 is 2.28 bits per heavy atom. The number of nitrogens with one attached hydrogen (secondary N) is 2. The number of rotatable bonds is 8. The first kappa shape index (κ1) is 29.7. The van der Waals surface area contributed by atoms with Gasteiger partial charge in [0, 0.05) is 44.1 Å². The van der Waals surface area contributed by atoms with Gasteiger partial charge in [-0.1, -0.05) is 45.2 Å². The summed E-state index contributed by atoms with van der Waals surface area (Å²) in [5.74, 6) is 0.379. The third-order valence-corrected chi connectivity index (χ3v) is 9.56. The SMILES string of the molecule is CC(=O)C1(C2CCCCC2)CCN(C(=O)[C@@H](Cc2ccc(F)cc2)NC(=O)[C@@H]2CN(C)CC(C(C)C)N2)CC1. The minimum absolute atomic E-state index is 0.127. The van der Waals surface area contributed by atoms with E-state index in [0.29, 0.717) is 44.3 Å². The van der Waals surface area contributed by atoms with Crippen LogP contribution in [0.3, 0.4) is 0 Å². The smallest absolute Gasteiger partial charge is 0.245 e. The molecule has 0 bridgehead atoms. The van der Waals surface area contributed by atoms with Gasteiger partial charge < -0.3 is 20.4 Å². The van der Waals surface area contributed by atoms with Gasteiger partial charge in [-0.2, -0.15) is 0 Å². The first-order chi connectivity index (χ1) is 18.6. The predicted octanol–water partition coefficient (Wildman–Crippen LogP) is 3.56. The molecule has 7 nitrogen and oxygen atoms in total. The molecule has 1 saturated carbocycles. The summed E-state index contributed by atoms with van der Waals surface area (Å²) in [5, 5.41) is 6.53. The van der Waals surface area contributed by atoms with Crippen LogP contribution in [0.15, 0.2) is 24.3 Å². The van der Waals surface area contributed by atoms with Crippen molar-refractivity contribution in [3.63, 3.8) is 0 Å². The average Bonchev–Trinajstić information content (AvgIpc) is 2.93. The maximum absolute atomic E-state index is 13.9. The number of hydrogen-bond acceptors (Lipinski definition) is 5. The lowest BCUT2D eigenvalue weighted by atomic mass is 9.62. The zero-order valence-corrected chi connectivity index (χ0v) is 24.2. The minimum Gasteiger partial charge on any atom is -0.343 e. The van der Waals surface area contributed by atoms with Crippen molar-refractivity contribution in [3.8, 4) is 0 Å². The van der Waals surface area contributed by atoms with Gasteiger partial charge in [0.05, 0.1) is 6.04 Å². The minimum atomic E-state index is -0.756. The van der Waals surface area contributed by atoms with Crippen LogP contribution in [0.1, 0.15) is 71.3 Å². The number of nitrogens with zero attached hydrogens (tertiary/aromatic N) is 2. The van der Waals surface area contributed by atoms with Crippen molar-refractivity contribution in [1.29, 1.82) is 0 Å². The molecule has 2 N–H and O–H groups in total. The van der Waals surface area contributed by atoms with Crippen LogP contribution < -0.4 is 10.6 Å². The number of carbonyl (C=O) groups is 3. The highest BCUT2D eigenvalue weighted by atomic mass is 19.1. The van der Waals surface area contributed by atoms with E-state index in [0.717, 1.165) is 24.9 Å². The van der Waals surface area contributed by atoms with E-state index in [1.165, 1.54) is 31.4 Å². The number of likely N-dealkylation sites (N-methyl/N-ethyl adjacent to an activating group) is 1. The molecule has 2 aliphatic heterocycles. The second-order valence-electron chi connectivity index (χ2n) is 12.6. The van der Waals surface area contributed by atoms with Crippen LogP contribution in [0.5, 0.6) is 0 Å². The predicted molar refractivity (Wildman–Crippen MR) is 151 cm³/mol. The molecular weight excluding hydrogens is 495 g/mol. The molecule has 3 atom stereocenters. The van der Waals surface area contributed by atoms with Gasteiger partial charge >= 0.3 is 0 Å². The first-order valence-corrected chi connectivity index (χ1v) is 14.9. The zero-order valence-electron chi connectivity index (χ0n) is 24.2.